The molecular weight excluding hydrogens is 274 g/mol. The third-order valence-corrected chi connectivity index (χ3v) is 5.19. The fraction of sp³-hybridized carbons (Fsp3) is 0.727. The molecule has 0 aliphatic carbocycles. The molecule has 0 spiro atoms. The minimum atomic E-state index is -3.61. The second-order valence-electron chi connectivity index (χ2n) is 4.27. The molecule has 1 heterocycles. The van der Waals surface area contributed by atoms with Gasteiger partial charge in [-0.1, -0.05) is 13.8 Å². The lowest BCUT2D eigenvalue weighted by atomic mass is 9.97. The topological polar surface area (TPSA) is 64.0 Å². The predicted molar refractivity (Wildman–Crippen MR) is 72.3 cm³/mol. The van der Waals surface area contributed by atoms with E-state index in [0.717, 1.165) is 0 Å². The van der Waals surface area contributed by atoms with Crippen molar-refractivity contribution in [3.8, 4) is 0 Å². The van der Waals surface area contributed by atoms with Crippen LogP contribution in [0.5, 0.6) is 0 Å². The minimum absolute atomic E-state index is 0.0424. The van der Waals surface area contributed by atoms with Crippen molar-refractivity contribution in [2.75, 3.05) is 5.88 Å². The first-order chi connectivity index (χ1) is 8.43. The molecule has 1 N–H and O–H groups in total. The predicted octanol–water partition coefficient (Wildman–Crippen LogP) is 1.98. The largest absolute Gasteiger partial charge is 0.336 e. The first-order valence-electron chi connectivity index (χ1n) is 6.04. The van der Waals surface area contributed by atoms with Gasteiger partial charge < -0.3 is 4.57 Å². The number of hydrogen-bond donors (Lipinski definition) is 1. The summed E-state index contributed by atoms with van der Waals surface area (Å²) in [6.45, 7) is 6.44. The number of sulfonamides is 1. The average molecular weight is 294 g/mol. The summed E-state index contributed by atoms with van der Waals surface area (Å²) in [5, 5.41) is 0.0424. The van der Waals surface area contributed by atoms with Crippen LogP contribution in [0.25, 0.3) is 0 Å². The number of aryl methyl sites for hydroxylation is 1. The van der Waals surface area contributed by atoms with Gasteiger partial charge in [-0.2, -0.15) is 0 Å². The van der Waals surface area contributed by atoms with E-state index in [1.54, 1.807) is 4.57 Å². The van der Waals surface area contributed by atoms with E-state index in [-0.39, 0.29) is 10.9 Å². The molecule has 1 aromatic rings. The fourth-order valence-electron chi connectivity index (χ4n) is 1.60. The van der Waals surface area contributed by atoms with Crippen LogP contribution in [0.3, 0.4) is 0 Å². The molecule has 7 heteroatoms. The van der Waals surface area contributed by atoms with Crippen molar-refractivity contribution in [1.82, 2.24) is 14.3 Å². The average Bonchev–Trinajstić information content (AvgIpc) is 2.85. The van der Waals surface area contributed by atoms with Crippen LogP contribution in [-0.2, 0) is 16.6 Å². The number of halogens is 1. The Morgan fingerprint density at radius 2 is 2.00 bits per heavy atom. The lowest BCUT2D eigenvalue weighted by Gasteiger charge is -2.29. The Kier molecular flexibility index (Phi) is 5.19. The molecule has 0 radical (unpaired) electrons. The van der Waals surface area contributed by atoms with Gasteiger partial charge in [-0.05, 0) is 19.8 Å². The third-order valence-electron chi connectivity index (χ3n) is 3.21. The van der Waals surface area contributed by atoms with Crippen molar-refractivity contribution >= 4 is 21.6 Å². The summed E-state index contributed by atoms with van der Waals surface area (Å²) >= 11 is 5.90. The first-order valence-corrected chi connectivity index (χ1v) is 8.06. The number of rotatable bonds is 7. The Morgan fingerprint density at radius 3 is 2.39 bits per heavy atom. The number of imidazole rings is 1. The van der Waals surface area contributed by atoms with E-state index in [1.165, 1.54) is 12.5 Å². The van der Waals surface area contributed by atoms with Gasteiger partial charge in [0, 0.05) is 24.2 Å². The summed E-state index contributed by atoms with van der Waals surface area (Å²) in [6, 6.07) is 0. The van der Waals surface area contributed by atoms with Gasteiger partial charge in [0.1, 0.15) is 0 Å². The molecule has 0 saturated carbocycles. The highest BCUT2D eigenvalue weighted by Gasteiger charge is 2.32. The van der Waals surface area contributed by atoms with Crippen LogP contribution in [0, 0.1) is 0 Å². The Bertz CT molecular complexity index is 472. The van der Waals surface area contributed by atoms with Gasteiger partial charge in [0.25, 0.3) is 10.0 Å². The molecule has 1 rings (SSSR count). The minimum Gasteiger partial charge on any atom is -0.336 e. The molecule has 0 aliphatic rings. The van der Waals surface area contributed by atoms with Gasteiger partial charge >= 0.3 is 0 Å². The molecule has 0 amide bonds. The summed E-state index contributed by atoms with van der Waals surface area (Å²) < 4.78 is 28.8. The SMILES string of the molecule is CCn1cnc(S(=O)(=O)NC(CC)(CC)CCl)c1. The quantitative estimate of drug-likeness (QED) is 0.782. The molecule has 0 fully saturated rings. The van der Waals surface area contributed by atoms with Crippen molar-refractivity contribution < 1.29 is 8.42 Å². The summed E-state index contributed by atoms with van der Waals surface area (Å²) in [5.41, 5.74) is -0.601. The second kappa shape index (κ2) is 6.04. The number of aromatic nitrogens is 2. The van der Waals surface area contributed by atoms with Gasteiger partial charge in [-0.3, -0.25) is 0 Å². The Hall–Kier alpha value is -0.590. The highest BCUT2D eigenvalue weighted by atomic mass is 35.5. The maximum atomic E-state index is 12.2. The van der Waals surface area contributed by atoms with Crippen LogP contribution in [0.1, 0.15) is 33.6 Å². The Labute approximate surface area is 114 Å². The third kappa shape index (κ3) is 3.24. The molecule has 0 atom stereocenters. The van der Waals surface area contributed by atoms with E-state index in [2.05, 4.69) is 9.71 Å². The Balaban J connectivity index is 3.00. The monoisotopic (exact) mass is 293 g/mol. The first kappa shape index (κ1) is 15.5. The van der Waals surface area contributed by atoms with E-state index in [9.17, 15) is 8.42 Å². The molecule has 0 unspecified atom stereocenters. The van der Waals surface area contributed by atoms with E-state index < -0.39 is 15.6 Å². The van der Waals surface area contributed by atoms with Crippen LogP contribution in [0.15, 0.2) is 17.6 Å². The zero-order valence-corrected chi connectivity index (χ0v) is 12.6. The number of nitrogens with one attached hydrogen (secondary N) is 1. The van der Waals surface area contributed by atoms with Gasteiger partial charge in [0.2, 0.25) is 0 Å². The summed E-state index contributed by atoms with van der Waals surface area (Å²) in [6.07, 6.45) is 4.31. The van der Waals surface area contributed by atoms with Gasteiger partial charge in [0.05, 0.1) is 6.33 Å². The molecular formula is C11H20ClN3O2S. The molecule has 18 heavy (non-hydrogen) atoms. The maximum Gasteiger partial charge on any atom is 0.260 e. The summed E-state index contributed by atoms with van der Waals surface area (Å²) in [7, 11) is -3.61. The van der Waals surface area contributed by atoms with Gasteiger partial charge in [-0.25, -0.2) is 18.1 Å². The van der Waals surface area contributed by atoms with Crippen molar-refractivity contribution in [1.29, 1.82) is 0 Å². The molecule has 1 aromatic heterocycles. The second-order valence-corrected chi connectivity index (χ2v) is 6.17. The van der Waals surface area contributed by atoms with Gasteiger partial charge in [0.15, 0.2) is 5.03 Å². The highest BCUT2D eigenvalue weighted by Crippen LogP contribution is 2.20. The standard InChI is InChI=1S/C11H20ClN3O2S/c1-4-11(5-2,8-12)14-18(16,17)10-7-15(6-3)9-13-10/h7,9,14H,4-6,8H2,1-3H3. The van der Waals surface area contributed by atoms with E-state index >= 15 is 0 Å². The summed E-state index contributed by atoms with van der Waals surface area (Å²) in [5.74, 6) is 0.244. The van der Waals surface area contributed by atoms with Crippen LogP contribution < -0.4 is 4.72 Å². The van der Waals surface area contributed by atoms with Crippen LogP contribution >= 0.6 is 11.6 Å². The fourth-order valence-corrected chi connectivity index (χ4v) is 3.62. The normalized spacial score (nSPS) is 12.9. The lowest BCUT2D eigenvalue weighted by molar-refractivity contribution is 0.393. The number of nitrogens with zero attached hydrogens (tertiary/aromatic N) is 2. The van der Waals surface area contributed by atoms with E-state index in [1.807, 2.05) is 20.8 Å². The van der Waals surface area contributed by atoms with Gasteiger partial charge in [-0.15, -0.1) is 11.6 Å². The van der Waals surface area contributed by atoms with E-state index in [0.29, 0.717) is 19.4 Å². The number of hydrogen-bond acceptors (Lipinski definition) is 3. The van der Waals surface area contributed by atoms with Crippen LogP contribution in [0.4, 0.5) is 0 Å². The highest BCUT2D eigenvalue weighted by molar-refractivity contribution is 7.89. The molecule has 5 nitrogen and oxygen atoms in total. The molecule has 104 valence electrons. The van der Waals surface area contributed by atoms with E-state index in [4.69, 9.17) is 11.6 Å². The maximum absolute atomic E-state index is 12.2. The number of alkyl halides is 1. The molecule has 0 aromatic carbocycles. The zero-order valence-electron chi connectivity index (χ0n) is 11.0. The lowest BCUT2D eigenvalue weighted by Crippen LogP contribution is -2.49. The van der Waals surface area contributed by atoms with Crippen molar-refractivity contribution in [2.45, 2.75) is 50.7 Å². The van der Waals surface area contributed by atoms with Crippen LogP contribution in [-0.4, -0.2) is 29.4 Å². The summed E-state index contributed by atoms with van der Waals surface area (Å²) in [4.78, 5) is 3.92. The Morgan fingerprint density at radius 1 is 1.39 bits per heavy atom. The molecule has 0 bridgehead atoms. The van der Waals surface area contributed by atoms with Crippen molar-refractivity contribution in [3.05, 3.63) is 12.5 Å². The molecule has 0 aliphatic heterocycles. The van der Waals surface area contributed by atoms with Crippen molar-refractivity contribution in [2.24, 2.45) is 0 Å². The zero-order chi connectivity index (χ0) is 13.8. The van der Waals surface area contributed by atoms with Crippen molar-refractivity contribution in [3.63, 3.8) is 0 Å². The molecule has 0 saturated heterocycles. The van der Waals surface area contributed by atoms with Crippen LogP contribution in [0.2, 0.25) is 0 Å². The smallest absolute Gasteiger partial charge is 0.260 e.